The van der Waals surface area contributed by atoms with E-state index in [2.05, 4.69) is 20.9 Å². The molecule has 26 heavy (non-hydrogen) atoms. The highest BCUT2D eigenvalue weighted by Gasteiger charge is 2.42. The lowest BCUT2D eigenvalue weighted by atomic mass is 9.94. The number of hydrogen-bond donors (Lipinski definition) is 0. The van der Waals surface area contributed by atoms with Gasteiger partial charge in [0.1, 0.15) is 5.60 Å². The summed E-state index contributed by atoms with van der Waals surface area (Å²) in [6.07, 6.45) is 3.45. The number of likely N-dealkylation sites (tertiary alicyclic amines) is 1. The molecule has 3 aromatic rings. The first-order valence-corrected chi connectivity index (χ1v) is 9.13. The number of pyridine rings is 2. The van der Waals surface area contributed by atoms with E-state index < -0.39 is 0 Å². The van der Waals surface area contributed by atoms with Crippen LogP contribution in [0, 0.1) is 0 Å². The average molecular weight is 412 g/mol. The van der Waals surface area contributed by atoms with Crippen molar-refractivity contribution in [2.75, 3.05) is 20.2 Å². The van der Waals surface area contributed by atoms with Crippen molar-refractivity contribution in [2.24, 2.45) is 0 Å². The second kappa shape index (κ2) is 6.45. The first-order valence-electron chi connectivity index (χ1n) is 8.34. The van der Waals surface area contributed by atoms with E-state index in [9.17, 15) is 4.79 Å². The number of aromatic nitrogens is 2. The fraction of sp³-hybridized carbons (Fsp3) is 0.250. The van der Waals surface area contributed by atoms with Crippen molar-refractivity contribution >= 4 is 32.7 Å². The minimum absolute atomic E-state index is 0.000307. The van der Waals surface area contributed by atoms with Gasteiger partial charge in [0.15, 0.2) is 0 Å². The third-order valence-electron chi connectivity index (χ3n) is 4.81. The minimum atomic E-state index is -0.257. The lowest BCUT2D eigenvalue weighted by Crippen LogP contribution is -2.62. The van der Waals surface area contributed by atoms with Crippen molar-refractivity contribution in [3.8, 4) is 11.3 Å². The van der Waals surface area contributed by atoms with E-state index >= 15 is 0 Å². The number of benzene rings is 1. The second-order valence-electron chi connectivity index (χ2n) is 6.77. The van der Waals surface area contributed by atoms with E-state index in [0.717, 1.165) is 26.6 Å². The Labute approximate surface area is 160 Å². The Balaban J connectivity index is 1.81. The number of nitrogens with zero attached hydrogens (tertiary/aromatic N) is 3. The molecule has 6 heteroatoms. The van der Waals surface area contributed by atoms with Crippen LogP contribution < -0.4 is 0 Å². The molecule has 0 atom stereocenters. The van der Waals surface area contributed by atoms with Crippen LogP contribution in [0.25, 0.3) is 22.2 Å². The summed E-state index contributed by atoms with van der Waals surface area (Å²) in [6.45, 7) is 3.19. The molecule has 0 spiro atoms. The maximum Gasteiger partial charge on any atom is 0.254 e. The van der Waals surface area contributed by atoms with Gasteiger partial charge >= 0.3 is 0 Å². The number of rotatable bonds is 3. The molecule has 2 aromatic heterocycles. The number of halogens is 1. The van der Waals surface area contributed by atoms with Gasteiger partial charge in [0.2, 0.25) is 0 Å². The average Bonchev–Trinajstić information content (AvgIpc) is 2.64. The number of fused-ring (bicyclic) bond motifs is 1. The van der Waals surface area contributed by atoms with E-state index in [-0.39, 0.29) is 11.5 Å². The van der Waals surface area contributed by atoms with E-state index in [1.165, 1.54) is 0 Å². The summed E-state index contributed by atoms with van der Waals surface area (Å²) in [5, 5.41) is 0.841. The maximum absolute atomic E-state index is 13.2. The number of hydrogen-bond acceptors (Lipinski definition) is 4. The topological polar surface area (TPSA) is 55.3 Å². The predicted octanol–water partition coefficient (Wildman–Crippen LogP) is 3.92. The summed E-state index contributed by atoms with van der Waals surface area (Å²) >= 11 is 3.50. The molecule has 0 unspecified atom stereocenters. The van der Waals surface area contributed by atoms with Gasteiger partial charge in [-0.25, -0.2) is 4.98 Å². The van der Waals surface area contributed by atoms with Gasteiger partial charge in [-0.05, 0) is 43.3 Å². The molecule has 1 amide bonds. The normalized spacial score (nSPS) is 15.7. The summed E-state index contributed by atoms with van der Waals surface area (Å²) in [4.78, 5) is 23.8. The molecule has 0 bridgehead atoms. The Morgan fingerprint density at radius 2 is 1.92 bits per heavy atom. The number of methoxy groups -OCH3 is 1. The molecule has 1 saturated heterocycles. The van der Waals surface area contributed by atoms with Crippen LogP contribution in [-0.2, 0) is 4.74 Å². The monoisotopic (exact) mass is 411 g/mol. The Morgan fingerprint density at radius 3 is 2.62 bits per heavy atom. The molecule has 1 aliphatic rings. The Morgan fingerprint density at radius 1 is 1.19 bits per heavy atom. The van der Waals surface area contributed by atoms with Gasteiger partial charge in [-0.2, -0.15) is 0 Å². The second-order valence-corrected chi connectivity index (χ2v) is 7.68. The summed E-state index contributed by atoms with van der Waals surface area (Å²) in [5.74, 6) is 0.000307. The van der Waals surface area contributed by atoms with Crippen molar-refractivity contribution < 1.29 is 9.53 Å². The van der Waals surface area contributed by atoms with Crippen molar-refractivity contribution in [2.45, 2.75) is 12.5 Å². The fourth-order valence-electron chi connectivity index (χ4n) is 3.25. The zero-order valence-electron chi connectivity index (χ0n) is 14.6. The molecule has 1 aliphatic heterocycles. The molecule has 1 fully saturated rings. The smallest absolute Gasteiger partial charge is 0.254 e. The van der Waals surface area contributed by atoms with Crippen LogP contribution in [0.1, 0.15) is 17.3 Å². The molecule has 5 nitrogen and oxygen atoms in total. The van der Waals surface area contributed by atoms with Crippen molar-refractivity contribution in [3.05, 3.63) is 58.8 Å². The fourth-order valence-corrected chi connectivity index (χ4v) is 3.61. The molecule has 0 N–H and O–H groups in total. The van der Waals surface area contributed by atoms with E-state index in [1.54, 1.807) is 19.5 Å². The largest absolute Gasteiger partial charge is 0.375 e. The molecule has 4 rings (SSSR count). The highest BCUT2D eigenvalue weighted by Crippen LogP contribution is 2.31. The first-order chi connectivity index (χ1) is 12.5. The third-order valence-corrected chi connectivity index (χ3v) is 5.30. The van der Waals surface area contributed by atoms with Crippen LogP contribution in [0.5, 0.6) is 0 Å². The predicted molar refractivity (Wildman–Crippen MR) is 104 cm³/mol. The van der Waals surface area contributed by atoms with Crippen LogP contribution >= 0.6 is 15.9 Å². The molecule has 3 heterocycles. The molecule has 1 aromatic carbocycles. The molecular weight excluding hydrogens is 394 g/mol. The highest BCUT2D eigenvalue weighted by atomic mass is 79.9. The number of carbonyl (C=O) groups is 1. The minimum Gasteiger partial charge on any atom is -0.375 e. The lowest BCUT2D eigenvalue weighted by molar-refractivity contribution is -0.0947. The SMILES string of the molecule is COC1(C)CN(C(=O)c2cc(-c3ccncc3)nc3ccc(Br)cc23)C1. The highest BCUT2D eigenvalue weighted by molar-refractivity contribution is 9.10. The summed E-state index contributed by atoms with van der Waals surface area (Å²) in [7, 11) is 1.68. The maximum atomic E-state index is 13.2. The summed E-state index contributed by atoms with van der Waals surface area (Å²) in [6, 6.07) is 11.5. The van der Waals surface area contributed by atoms with Gasteiger partial charge in [-0.1, -0.05) is 15.9 Å². The van der Waals surface area contributed by atoms with Crippen molar-refractivity contribution in [3.63, 3.8) is 0 Å². The van der Waals surface area contributed by atoms with E-state index in [1.807, 2.05) is 48.2 Å². The zero-order chi connectivity index (χ0) is 18.3. The van der Waals surface area contributed by atoms with Crippen LogP contribution in [0.15, 0.2) is 53.3 Å². The zero-order valence-corrected chi connectivity index (χ0v) is 16.2. The Kier molecular flexibility index (Phi) is 4.25. The van der Waals surface area contributed by atoms with Crippen LogP contribution in [0.3, 0.4) is 0 Å². The first kappa shape index (κ1) is 17.1. The Hall–Kier alpha value is -2.31. The van der Waals surface area contributed by atoms with Crippen molar-refractivity contribution in [1.29, 1.82) is 0 Å². The van der Waals surface area contributed by atoms with Crippen molar-refractivity contribution in [1.82, 2.24) is 14.9 Å². The van der Waals surface area contributed by atoms with Crippen LogP contribution in [-0.4, -0.2) is 46.6 Å². The van der Waals surface area contributed by atoms with Gasteiger partial charge in [-0.15, -0.1) is 0 Å². The standard InChI is InChI=1S/C20H18BrN3O2/c1-20(26-2)11-24(12-20)19(25)16-10-18(13-5-7-22-8-6-13)23-17-4-3-14(21)9-15(16)17/h3-10H,11-12H2,1-2H3. The van der Waals surface area contributed by atoms with Gasteiger partial charge < -0.3 is 9.64 Å². The van der Waals surface area contributed by atoms with Crippen LogP contribution in [0.4, 0.5) is 0 Å². The summed E-state index contributed by atoms with van der Waals surface area (Å²) < 4.78 is 6.39. The van der Waals surface area contributed by atoms with Crippen LogP contribution in [0.2, 0.25) is 0 Å². The molecule has 132 valence electrons. The lowest BCUT2D eigenvalue weighted by Gasteiger charge is -2.46. The number of carbonyl (C=O) groups excluding carboxylic acids is 1. The Bertz CT molecular complexity index is 985. The molecular formula is C20H18BrN3O2. The quantitative estimate of drug-likeness (QED) is 0.655. The van der Waals surface area contributed by atoms with Gasteiger partial charge in [0, 0.05) is 34.9 Å². The molecule has 0 saturated carbocycles. The number of ether oxygens (including phenoxy) is 1. The van der Waals surface area contributed by atoms with Gasteiger partial charge in [0.25, 0.3) is 5.91 Å². The summed E-state index contributed by atoms with van der Waals surface area (Å²) in [5.41, 5.74) is 2.89. The van der Waals surface area contributed by atoms with E-state index in [4.69, 9.17) is 9.72 Å². The molecule has 0 aliphatic carbocycles. The van der Waals surface area contributed by atoms with Gasteiger partial charge in [0.05, 0.1) is 29.9 Å². The molecule has 0 radical (unpaired) electrons. The van der Waals surface area contributed by atoms with E-state index in [0.29, 0.717) is 18.7 Å². The van der Waals surface area contributed by atoms with Gasteiger partial charge in [-0.3, -0.25) is 9.78 Å². The third kappa shape index (κ3) is 2.99. The number of amides is 1.